The first-order valence-corrected chi connectivity index (χ1v) is 5.71. The minimum absolute atomic E-state index is 0.111. The largest absolute Gasteiger partial charge is 0.469 e. The number of hydrogen-bond acceptors (Lipinski definition) is 5. The molecule has 1 atom stereocenters. The number of thiazole rings is 1. The van der Waals surface area contributed by atoms with Crippen LogP contribution < -0.4 is 5.32 Å². The van der Waals surface area contributed by atoms with Crippen LogP contribution in [-0.4, -0.2) is 24.1 Å². The number of aryl methyl sites for hydroxylation is 1. The third-order valence-corrected chi connectivity index (χ3v) is 2.82. The van der Waals surface area contributed by atoms with Gasteiger partial charge in [-0.2, -0.15) is 0 Å². The second-order valence-corrected chi connectivity index (χ2v) is 4.48. The van der Waals surface area contributed by atoms with Gasteiger partial charge in [0.1, 0.15) is 0 Å². The summed E-state index contributed by atoms with van der Waals surface area (Å²) in [7, 11) is 1.40. The Labute approximate surface area is 93.7 Å². The Bertz CT molecular complexity index is 325. The Morgan fingerprint density at radius 2 is 2.47 bits per heavy atom. The zero-order valence-corrected chi connectivity index (χ0v) is 10.1. The Morgan fingerprint density at radius 1 is 1.73 bits per heavy atom. The number of carbonyl (C=O) groups is 1. The lowest BCUT2D eigenvalue weighted by atomic mass is 10.2. The van der Waals surface area contributed by atoms with Gasteiger partial charge in [-0.1, -0.05) is 0 Å². The van der Waals surface area contributed by atoms with Crippen LogP contribution in [0.1, 0.15) is 24.0 Å². The predicted octanol–water partition coefficient (Wildman–Crippen LogP) is 1.49. The van der Waals surface area contributed by atoms with Crippen LogP contribution in [0.4, 0.5) is 0 Å². The third-order valence-electron chi connectivity index (χ3n) is 2.00. The minimum atomic E-state index is -0.190. The molecule has 84 valence electrons. The van der Waals surface area contributed by atoms with Gasteiger partial charge in [0.05, 0.1) is 24.2 Å². The molecule has 1 N–H and O–H groups in total. The third kappa shape index (κ3) is 4.40. The van der Waals surface area contributed by atoms with Gasteiger partial charge in [-0.25, -0.2) is 4.98 Å². The fourth-order valence-corrected chi connectivity index (χ4v) is 1.79. The molecule has 15 heavy (non-hydrogen) atoms. The number of nitrogens with one attached hydrogen (secondary N) is 1. The number of esters is 1. The molecule has 0 fully saturated rings. The summed E-state index contributed by atoms with van der Waals surface area (Å²) in [4.78, 5) is 15.3. The zero-order valence-electron chi connectivity index (χ0n) is 9.24. The lowest BCUT2D eigenvalue weighted by Gasteiger charge is -2.10. The molecule has 0 spiro atoms. The van der Waals surface area contributed by atoms with Crippen LogP contribution in [0.3, 0.4) is 0 Å². The average molecular weight is 228 g/mol. The summed E-state index contributed by atoms with van der Waals surface area (Å²) in [6, 6.07) is 0.111. The van der Waals surface area contributed by atoms with Crippen LogP contribution in [-0.2, 0) is 16.1 Å². The van der Waals surface area contributed by atoms with Crippen LogP contribution in [0, 0.1) is 6.92 Å². The van der Waals surface area contributed by atoms with Gasteiger partial charge in [-0.05, 0) is 13.8 Å². The number of nitrogens with zero attached hydrogens (tertiary/aromatic N) is 1. The van der Waals surface area contributed by atoms with Crippen LogP contribution in [0.5, 0.6) is 0 Å². The summed E-state index contributed by atoms with van der Waals surface area (Å²) in [5.74, 6) is -0.190. The fourth-order valence-electron chi connectivity index (χ4n) is 1.17. The molecule has 0 bridgehead atoms. The molecule has 0 amide bonds. The SMILES string of the molecule is COC(=O)CC(C)NCc1csc(C)n1. The van der Waals surface area contributed by atoms with Crippen molar-refractivity contribution in [2.45, 2.75) is 32.9 Å². The van der Waals surface area contributed by atoms with E-state index in [-0.39, 0.29) is 12.0 Å². The standard InChI is InChI=1S/C10H16N2O2S/c1-7(4-10(13)14-3)11-5-9-6-15-8(2)12-9/h6-7,11H,4-5H2,1-3H3. The number of carbonyl (C=O) groups excluding carboxylic acids is 1. The molecule has 1 rings (SSSR count). The molecule has 0 saturated carbocycles. The van der Waals surface area contributed by atoms with Crippen molar-refractivity contribution >= 4 is 17.3 Å². The van der Waals surface area contributed by atoms with Crippen molar-refractivity contribution in [3.63, 3.8) is 0 Å². The van der Waals surface area contributed by atoms with Crippen molar-refractivity contribution in [2.75, 3.05) is 7.11 Å². The molecule has 5 heteroatoms. The van der Waals surface area contributed by atoms with E-state index in [4.69, 9.17) is 0 Å². The summed E-state index contributed by atoms with van der Waals surface area (Å²) in [5.41, 5.74) is 1.02. The fraction of sp³-hybridized carbons (Fsp3) is 0.600. The Balaban J connectivity index is 2.28. The van der Waals surface area contributed by atoms with E-state index in [1.807, 2.05) is 19.2 Å². The molecule has 1 aromatic heterocycles. The summed E-state index contributed by atoms with van der Waals surface area (Å²) in [6.45, 7) is 4.63. The molecular formula is C10H16N2O2S. The number of aromatic nitrogens is 1. The molecule has 0 saturated heterocycles. The van der Waals surface area contributed by atoms with E-state index in [1.165, 1.54) is 7.11 Å². The number of hydrogen-bond donors (Lipinski definition) is 1. The lowest BCUT2D eigenvalue weighted by Crippen LogP contribution is -2.28. The molecular weight excluding hydrogens is 212 g/mol. The summed E-state index contributed by atoms with van der Waals surface area (Å²) < 4.78 is 4.58. The van der Waals surface area contributed by atoms with Gasteiger partial charge in [0.2, 0.25) is 0 Å². The Hall–Kier alpha value is -0.940. The van der Waals surface area contributed by atoms with Crippen molar-refractivity contribution in [3.05, 3.63) is 16.1 Å². The van der Waals surface area contributed by atoms with E-state index in [9.17, 15) is 4.79 Å². The smallest absolute Gasteiger partial charge is 0.307 e. The van der Waals surface area contributed by atoms with Crippen LogP contribution in [0.25, 0.3) is 0 Å². The first-order chi connectivity index (χ1) is 7.11. The minimum Gasteiger partial charge on any atom is -0.469 e. The normalized spacial score (nSPS) is 12.5. The number of rotatable bonds is 5. The van der Waals surface area contributed by atoms with Gasteiger partial charge in [0.25, 0.3) is 0 Å². The highest BCUT2D eigenvalue weighted by Gasteiger charge is 2.08. The quantitative estimate of drug-likeness (QED) is 0.776. The van der Waals surface area contributed by atoms with Gasteiger partial charge < -0.3 is 10.1 Å². The van der Waals surface area contributed by atoms with E-state index < -0.39 is 0 Å². The monoisotopic (exact) mass is 228 g/mol. The van der Waals surface area contributed by atoms with Crippen molar-refractivity contribution in [1.29, 1.82) is 0 Å². The topological polar surface area (TPSA) is 51.2 Å². The maximum absolute atomic E-state index is 11.0. The van der Waals surface area contributed by atoms with Gasteiger partial charge in [0, 0.05) is 18.0 Å². The second-order valence-electron chi connectivity index (χ2n) is 3.42. The highest BCUT2D eigenvalue weighted by molar-refractivity contribution is 7.09. The summed E-state index contributed by atoms with van der Waals surface area (Å²) >= 11 is 1.63. The Morgan fingerprint density at radius 3 is 3.00 bits per heavy atom. The van der Waals surface area contributed by atoms with Crippen molar-refractivity contribution in [2.24, 2.45) is 0 Å². The molecule has 1 unspecified atom stereocenters. The van der Waals surface area contributed by atoms with E-state index in [0.29, 0.717) is 13.0 Å². The van der Waals surface area contributed by atoms with Crippen molar-refractivity contribution in [1.82, 2.24) is 10.3 Å². The maximum Gasteiger partial charge on any atom is 0.307 e. The molecule has 0 aliphatic carbocycles. The van der Waals surface area contributed by atoms with E-state index in [1.54, 1.807) is 11.3 Å². The molecule has 0 aliphatic heterocycles. The average Bonchev–Trinajstić information content (AvgIpc) is 2.61. The van der Waals surface area contributed by atoms with Crippen LogP contribution >= 0.6 is 11.3 Å². The molecule has 1 heterocycles. The first-order valence-electron chi connectivity index (χ1n) is 4.83. The van der Waals surface area contributed by atoms with E-state index in [0.717, 1.165) is 10.7 Å². The zero-order chi connectivity index (χ0) is 11.3. The lowest BCUT2D eigenvalue weighted by molar-refractivity contribution is -0.141. The van der Waals surface area contributed by atoms with Gasteiger partial charge in [-0.15, -0.1) is 11.3 Å². The van der Waals surface area contributed by atoms with Gasteiger partial charge in [-0.3, -0.25) is 4.79 Å². The van der Waals surface area contributed by atoms with Gasteiger partial charge in [0.15, 0.2) is 0 Å². The highest BCUT2D eigenvalue weighted by atomic mass is 32.1. The molecule has 0 aliphatic rings. The molecule has 0 radical (unpaired) electrons. The van der Waals surface area contributed by atoms with Crippen molar-refractivity contribution < 1.29 is 9.53 Å². The molecule has 4 nitrogen and oxygen atoms in total. The number of methoxy groups -OCH3 is 1. The predicted molar refractivity (Wildman–Crippen MR) is 59.8 cm³/mol. The molecule has 1 aromatic rings. The first kappa shape index (κ1) is 12.1. The number of ether oxygens (including phenoxy) is 1. The van der Waals surface area contributed by atoms with E-state index in [2.05, 4.69) is 15.0 Å². The van der Waals surface area contributed by atoms with Crippen molar-refractivity contribution in [3.8, 4) is 0 Å². The molecule has 0 aromatic carbocycles. The summed E-state index contributed by atoms with van der Waals surface area (Å²) in [6.07, 6.45) is 0.389. The van der Waals surface area contributed by atoms with Crippen LogP contribution in [0.15, 0.2) is 5.38 Å². The maximum atomic E-state index is 11.0. The van der Waals surface area contributed by atoms with Crippen LogP contribution in [0.2, 0.25) is 0 Å². The van der Waals surface area contributed by atoms with Gasteiger partial charge >= 0.3 is 5.97 Å². The second kappa shape index (κ2) is 5.82. The summed E-state index contributed by atoms with van der Waals surface area (Å²) in [5, 5.41) is 6.30. The highest BCUT2D eigenvalue weighted by Crippen LogP contribution is 2.07. The van der Waals surface area contributed by atoms with E-state index >= 15 is 0 Å². The Kier molecular flexibility index (Phi) is 4.71.